The van der Waals surface area contributed by atoms with Crippen LogP contribution in [0, 0.1) is 13.8 Å². The minimum Gasteiger partial charge on any atom is -0.482 e. The molecule has 3 aromatic carbocycles. The molecule has 4 heteroatoms. The van der Waals surface area contributed by atoms with Crippen molar-refractivity contribution in [1.82, 2.24) is 0 Å². The zero-order valence-electron chi connectivity index (χ0n) is 15.3. The van der Waals surface area contributed by atoms with Gasteiger partial charge in [0, 0.05) is 11.1 Å². The van der Waals surface area contributed by atoms with E-state index in [0.717, 1.165) is 5.56 Å². The first-order valence-corrected chi connectivity index (χ1v) is 8.64. The van der Waals surface area contributed by atoms with Gasteiger partial charge in [0.25, 0.3) is 0 Å². The highest BCUT2D eigenvalue weighted by Gasteiger charge is 2.13. The number of esters is 1. The summed E-state index contributed by atoms with van der Waals surface area (Å²) < 4.78 is 10.9. The highest BCUT2D eigenvalue weighted by Crippen LogP contribution is 2.22. The van der Waals surface area contributed by atoms with Crippen LogP contribution < -0.4 is 9.47 Å². The second-order valence-corrected chi connectivity index (χ2v) is 6.20. The molecule has 0 bridgehead atoms. The molecule has 0 radical (unpaired) electrons. The minimum atomic E-state index is -0.497. The fourth-order valence-electron chi connectivity index (χ4n) is 2.67. The lowest BCUT2D eigenvalue weighted by Gasteiger charge is -2.11. The van der Waals surface area contributed by atoms with Crippen LogP contribution in [0.4, 0.5) is 0 Å². The van der Waals surface area contributed by atoms with Gasteiger partial charge in [0.2, 0.25) is 0 Å². The fraction of sp³-hybridized carbons (Fsp3) is 0.130. The smallest absolute Gasteiger partial charge is 0.349 e. The normalized spacial score (nSPS) is 10.3. The lowest BCUT2D eigenvalue weighted by Crippen LogP contribution is -2.18. The lowest BCUT2D eigenvalue weighted by atomic mass is 10.0. The topological polar surface area (TPSA) is 52.6 Å². The Morgan fingerprint density at radius 2 is 1.44 bits per heavy atom. The van der Waals surface area contributed by atoms with Crippen LogP contribution in [0.2, 0.25) is 0 Å². The summed E-state index contributed by atoms with van der Waals surface area (Å²) in [6, 6.07) is 21.5. The molecule has 3 rings (SSSR count). The van der Waals surface area contributed by atoms with Crippen molar-refractivity contribution >= 4 is 11.8 Å². The van der Waals surface area contributed by atoms with Crippen LogP contribution in [0.1, 0.15) is 27.0 Å². The average molecular weight is 360 g/mol. The number of ketones is 1. The maximum absolute atomic E-state index is 12.5. The van der Waals surface area contributed by atoms with Gasteiger partial charge in [-0.3, -0.25) is 4.79 Å². The third-order valence-electron chi connectivity index (χ3n) is 4.14. The number of para-hydroxylation sites is 1. The molecule has 0 fully saturated rings. The van der Waals surface area contributed by atoms with Gasteiger partial charge in [-0.15, -0.1) is 0 Å². The predicted molar refractivity (Wildman–Crippen MR) is 103 cm³/mol. The van der Waals surface area contributed by atoms with E-state index >= 15 is 0 Å². The van der Waals surface area contributed by atoms with Crippen LogP contribution in [0.5, 0.6) is 11.5 Å². The molecule has 0 spiro atoms. The second kappa shape index (κ2) is 8.32. The molecule has 3 aromatic rings. The number of hydrogen-bond donors (Lipinski definition) is 0. The van der Waals surface area contributed by atoms with Crippen molar-refractivity contribution in [2.45, 2.75) is 13.8 Å². The molecule has 0 aliphatic rings. The van der Waals surface area contributed by atoms with Crippen LogP contribution in [0.15, 0.2) is 72.8 Å². The van der Waals surface area contributed by atoms with Gasteiger partial charge in [-0.1, -0.05) is 48.5 Å². The van der Waals surface area contributed by atoms with Crippen molar-refractivity contribution in [2.75, 3.05) is 6.61 Å². The van der Waals surface area contributed by atoms with Crippen LogP contribution in [-0.4, -0.2) is 18.4 Å². The molecule has 0 amide bonds. The van der Waals surface area contributed by atoms with E-state index in [4.69, 9.17) is 9.47 Å². The van der Waals surface area contributed by atoms with E-state index in [9.17, 15) is 9.59 Å². The molecular weight excluding hydrogens is 340 g/mol. The number of hydrogen-bond acceptors (Lipinski definition) is 4. The zero-order chi connectivity index (χ0) is 19.2. The number of ether oxygens (including phenoxy) is 2. The van der Waals surface area contributed by atoms with E-state index in [0.29, 0.717) is 28.2 Å². The van der Waals surface area contributed by atoms with E-state index in [1.165, 1.54) is 0 Å². The number of rotatable bonds is 6. The summed E-state index contributed by atoms with van der Waals surface area (Å²) >= 11 is 0. The van der Waals surface area contributed by atoms with Crippen molar-refractivity contribution < 1.29 is 19.1 Å². The van der Waals surface area contributed by atoms with Crippen LogP contribution >= 0.6 is 0 Å². The van der Waals surface area contributed by atoms with Crippen LogP contribution in [0.25, 0.3) is 0 Å². The molecule has 0 atom stereocenters. The maximum Gasteiger partial charge on any atom is 0.349 e. The SMILES string of the molecule is Cc1ccccc1OCC(=O)Oc1ccc(C(=O)c2ccccc2)cc1C. The maximum atomic E-state index is 12.5. The molecule has 0 aliphatic heterocycles. The summed E-state index contributed by atoms with van der Waals surface area (Å²) in [4.78, 5) is 24.6. The van der Waals surface area contributed by atoms with Gasteiger partial charge >= 0.3 is 5.97 Å². The molecule has 4 nitrogen and oxygen atoms in total. The van der Waals surface area contributed by atoms with Crippen molar-refractivity contribution in [1.29, 1.82) is 0 Å². The van der Waals surface area contributed by atoms with Crippen LogP contribution in [-0.2, 0) is 4.79 Å². The lowest BCUT2D eigenvalue weighted by molar-refractivity contribution is -0.136. The molecule has 0 saturated heterocycles. The predicted octanol–water partition coefficient (Wildman–Crippen LogP) is 4.52. The van der Waals surface area contributed by atoms with E-state index in [1.54, 1.807) is 43.3 Å². The summed E-state index contributed by atoms with van der Waals surface area (Å²) in [7, 11) is 0. The summed E-state index contributed by atoms with van der Waals surface area (Å²) in [6.07, 6.45) is 0. The Morgan fingerprint density at radius 1 is 0.741 bits per heavy atom. The molecule has 0 saturated carbocycles. The highest BCUT2D eigenvalue weighted by molar-refractivity contribution is 6.09. The first-order chi connectivity index (χ1) is 13.0. The molecule has 0 N–H and O–H groups in total. The Bertz CT molecular complexity index is 961. The molecule has 136 valence electrons. The van der Waals surface area contributed by atoms with Gasteiger partial charge in [-0.2, -0.15) is 0 Å². The minimum absolute atomic E-state index is 0.0699. The Balaban J connectivity index is 1.65. The third-order valence-corrected chi connectivity index (χ3v) is 4.14. The van der Waals surface area contributed by atoms with Crippen molar-refractivity contribution in [2.24, 2.45) is 0 Å². The number of aryl methyl sites for hydroxylation is 2. The van der Waals surface area contributed by atoms with Gasteiger partial charge in [-0.05, 0) is 49.2 Å². The number of carbonyl (C=O) groups is 2. The Labute approximate surface area is 158 Å². The second-order valence-electron chi connectivity index (χ2n) is 6.20. The van der Waals surface area contributed by atoms with E-state index < -0.39 is 5.97 Å². The van der Waals surface area contributed by atoms with Gasteiger partial charge in [0.1, 0.15) is 11.5 Å². The van der Waals surface area contributed by atoms with Gasteiger partial charge in [0.05, 0.1) is 0 Å². The monoisotopic (exact) mass is 360 g/mol. The first-order valence-electron chi connectivity index (χ1n) is 8.64. The zero-order valence-corrected chi connectivity index (χ0v) is 15.3. The third kappa shape index (κ3) is 4.61. The standard InChI is InChI=1S/C23H20O4/c1-16-8-6-7-11-20(16)26-15-22(24)27-21-13-12-19(14-17(21)2)23(25)18-9-4-3-5-10-18/h3-14H,15H2,1-2H3. The summed E-state index contributed by atoms with van der Waals surface area (Å²) in [5.74, 6) is 0.496. The molecule has 0 heterocycles. The number of carbonyl (C=O) groups excluding carboxylic acids is 2. The first kappa shape index (κ1) is 18.4. The molecular formula is C23H20O4. The fourth-order valence-corrected chi connectivity index (χ4v) is 2.67. The summed E-state index contributed by atoms with van der Waals surface area (Å²) in [5, 5.41) is 0. The molecule has 0 unspecified atom stereocenters. The van der Waals surface area contributed by atoms with Crippen molar-refractivity contribution in [3.8, 4) is 11.5 Å². The Hall–Kier alpha value is -3.40. The van der Waals surface area contributed by atoms with Gasteiger partial charge < -0.3 is 9.47 Å². The van der Waals surface area contributed by atoms with E-state index in [-0.39, 0.29) is 12.4 Å². The van der Waals surface area contributed by atoms with E-state index in [1.807, 2.05) is 43.3 Å². The van der Waals surface area contributed by atoms with Crippen molar-refractivity contribution in [3.05, 3.63) is 95.1 Å². The van der Waals surface area contributed by atoms with Crippen molar-refractivity contribution in [3.63, 3.8) is 0 Å². The molecule has 27 heavy (non-hydrogen) atoms. The largest absolute Gasteiger partial charge is 0.482 e. The number of benzene rings is 3. The summed E-state index contributed by atoms with van der Waals surface area (Å²) in [5.41, 5.74) is 2.83. The Kier molecular flexibility index (Phi) is 5.67. The average Bonchev–Trinajstić information content (AvgIpc) is 2.69. The molecule has 0 aromatic heterocycles. The van der Waals surface area contributed by atoms with Gasteiger partial charge in [-0.25, -0.2) is 4.79 Å². The van der Waals surface area contributed by atoms with Crippen LogP contribution in [0.3, 0.4) is 0 Å². The quantitative estimate of drug-likeness (QED) is 0.368. The highest BCUT2D eigenvalue weighted by atomic mass is 16.6. The Morgan fingerprint density at radius 3 is 2.15 bits per heavy atom. The summed E-state index contributed by atoms with van der Waals surface area (Å²) in [6.45, 7) is 3.52. The van der Waals surface area contributed by atoms with Gasteiger partial charge in [0.15, 0.2) is 12.4 Å². The molecule has 0 aliphatic carbocycles. The van der Waals surface area contributed by atoms with E-state index in [2.05, 4.69) is 0 Å².